The third-order valence-corrected chi connectivity index (χ3v) is 8.01. The number of benzene rings is 6. The Morgan fingerprint density at radius 2 is 0.705 bits per heavy atom. The Morgan fingerprint density at radius 1 is 0.318 bits per heavy atom. The van der Waals surface area contributed by atoms with Gasteiger partial charge in [-0.3, -0.25) is 9.80 Å². The molecule has 4 heteroatoms. The van der Waals surface area contributed by atoms with E-state index in [4.69, 9.17) is 9.97 Å². The van der Waals surface area contributed by atoms with Gasteiger partial charge >= 0.3 is 0 Å². The molecule has 2 aromatic heterocycles. The fourth-order valence-electron chi connectivity index (χ4n) is 5.96. The van der Waals surface area contributed by atoms with E-state index in [1.54, 1.807) is 0 Å². The molecule has 0 fully saturated rings. The van der Waals surface area contributed by atoms with E-state index >= 15 is 0 Å². The van der Waals surface area contributed by atoms with Crippen molar-refractivity contribution in [3.8, 4) is 0 Å². The first-order valence-corrected chi connectivity index (χ1v) is 14.8. The predicted molar refractivity (Wildman–Crippen MR) is 184 cm³/mol. The van der Waals surface area contributed by atoms with Crippen LogP contribution in [0.3, 0.4) is 0 Å². The Morgan fingerprint density at radius 3 is 1.16 bits per heavy atom. The lowest BCUT2D eigenvalue weighted by Crippen LogP contribution is -2.14. The van der Waals surface area contributed by atoms with Gasteiger partial charge in [0.05, 0.1) is 22.4 Å². The van der Waals surface area contributed by atoms with Gasteiger partial charge in [0, 0.05) is 32.9 Å². The molecule has 0 aliphatic carbocycles. The predicted octanol–water partition coefficient (Wildman–Crippen LogP) is 10.9. The van der Waals surface area contributed by atoms with E-state index in [-0.39, 0.29) is 0 Å². The minimum atomic E-state index is 0.865. The van der Waals surface area contributed by atoms with Crippen molar-refractivity contribution in [1.29, 1.82) is 0 Å². The first-order chi connectivity index (χ1) is 21.8. The van der Waals surface area contributed by atoms with Crippen molar-refractivity contribution < 1.29 is 0 Å². The minimum absolute atomic E-state index is 0.865. The molecule has 2 heterocycles. The number of pyridine rings is 2. The summed E-state index contributed by atoms with van der Waals surface area (Å²) in [6.45, 7) is 0. The zero-order valence-corrected chi connectivity index (χ0v) is 24.0. The molecule has 208 valence electrons. The zero-order chi connectivity index (χ0) is 29.3. The second kappa shape index (κ2) is 11.0. The monoisotopic (exact) mass is 564 g/mol. The van der Waals surface area contributed by atoms with Gasteiger partial charge in [-0.15, -0.1) is 0 Å². The van der Waals surface area contributed by atoms with Gasteiger partial charge < -0.3 is 0 Å². The van der Waals surface area contributed by atoms with Gasteiger partial charge in [0.15, 0.2) is 0 Å². The first-order valence-electron chi connectivity index (χ1n) is 14.8. The summed E-state index contributed by atoms with van der Waals surface area (Å²) in [6, 6.07) is 58.9. The van der Waals surface area contributed by atoms with Crippen LogP contribution in [0.2, 0.25) is 0 Å². The molecule has 0 atom stereocenters. The highest BCUT2D eigenvalue weighted by Crippen LogP contribution is 2.44. The molecule has 0 radical (unpaired) electrons. The molecule has 8 aromatic rings. The van der Waals surface area contributed by atoms with Crippen LogP contribution in [-0.4, -0.2) is 9.97 Å². The number of nitrogens with zero attached hydrogens (tertiary/aromatic N) is 4. The van der Waals surface area contributed by atoms with Gasteiger partial charge in [0.2, 0.25) is 0 Å². The van der Waals surface area contributed by atoms with Crippen molar-refractivity contribution in [2.75, 3.05) is 9.80 Å². The molecule has 0 unspecified atom stereocenters. The van der Waals surface area contributed by atoms with Crippen LogP contribution in [0.4, 0.5) is 34.4 Å². The molecular formula is C40H28N4. The first kappa shape index (κ1) is 25.7. The Hall–Kier alpha value is -6.00. The van der Waals surface area contributed by atoms with Crippen LogP contribution < -0.4 is 9.80 Å². The summed E-state index contributed by atoms with van der Waals surface area (Å²) in [5.74, 6) is 1.73. The van der Waals surface area contributed by atoms with Crippen LogP contribution in [0.1, 0.15) is 0 Å². The van der Waals surface area contributed by atoms with Crippen LogP contribution in [0.5, 0.6) is 0 Å². The number of hydrogen-bond acceptors (Lipinski definition) is 4. The van der Waals surface area contributed by atoms with Crippen LogP contribution in [0.15, 0.2) is 170 Å². The molecule has 0 saturated heterocycles. The maximum absolute atomic E-state index is 5.12. The SMILES string of the molecule is c1ccc(N(c2ccc3ccccc3n2)c2ccc(N(c3ccccc3)c3ccc4ccccc4n3)c3ccccc23)cc1. The van der Waals surface area contributed by atoms with Crippen molar-refractivity contribution in [3.63, 3.8) is 0 Å². The average Bonchev–Trinajstić information content (AvgIpc) is 3.10. The Balaban J connectivity index is 1.36. The van der Waals surface area contributed by atoms with Gasteiger partial charge in [-0.05, 0) is 72.8 Å². The number of hydrogen-bond donors (Lipinski definition) is 0. The Labute approximate surface area is 256 Å². The molecular weight excluding hydrogens is 536 g/mol. The van der Waals surface area contributed by atoms with Crippen molar-refractivity contribution >= 4 is 67.0 Å². The third-order valence-electron chi connectivity index (χ3n) is 8.01. The smallest absolute Gasteiger partial charge is 0.138 e. The van der Waals surface area contributed by atoms with Gasteiger partial charge in [-0.1, -0.05) is 97.1 Å². The molecule has 4 nitrogen and oxygen atoms in total. The van der Waals surface area contributed by atoms with E-state index in [2.05, 4.69) is 143 Å². The van der Waals surface area contributed by atoms with Crippen LogP contribution in [-0.2, 0) is 0 Å². The number of anilines is 6. The summed E-state index contributed by atoms with van der Waals surface area (Å²) in [5, 5.41) is 4.47. The summed E-state index contributed by atoms with van der Waals surface area (Å²) in [7, 11) is 0. The summed E-state index contributed by atoms with van der Waals surface area (Å²) in [4.78, 5) is 14.7. The second-order valence-electron chi connectivity index (χ2n) is 10.7. The van der Waals surface area contributed by atoms with E-state index in [1.807, 2.05) is 36.4 Å². The highest BCUT2D eigenvalue weighted by molar-refractivity contribution is 6.07. The summed E-state index contributed by atoms with van der Waals surface area (Å²) in [5.41, 5.74) is 6.12. The van der Waals surface area contributed by atoms with Gasteiger partial charge in [0.25, 0.3) is 0 Å². The normalized spacial score (nSPS) is 11.2. The Kier molecular flexibility index (Phi) is 6.43. The van der Waals surface area contributed by atoms with Crippen molar-refractivity contribution in [2.24, 2.45) is 0 Å². The summed E-state index contributed by atoms with van der Waals surface area (Å²) in [6.07, 6.45) is 0. The van der Waals surface area contributed by atoms with Crippen LogP contribution in [0, 0.1) is 0 Å². The van der Waals surface area contributed by atoms with Crippen LogP contribution in [0.25, 0.3) is 32.6 Å². The molecule has 0 N–H and O–H groups in total. The average molecular weight is 565 g/mol. The largest absolute Gasteiger partial charge is 0.294 e. The Bertz CT molecular complexity index is 2090. The number of rotatable bonds is 6. The molecule has 0 aliphatic rings. The minimum Gasteiger partial charge on any atom is -0.294 e. The highest BCUT2D eigenvalue weighted by Gasteiger charge is 2.22. The fourth-order valence-corrected chi connectivity index (χ4v) is 5.96. The zero-order valence-electron chi connectivity index (χ0n) is 24.0. The molecule has 44 heavy (non-hydrogen) atoms. The molecule has 0 bridgehead atoms. The van der Waals surface area contributed by atoms with Gasteiger partial charge in [-0.2, -0.15) is 0 Å². The van der Waals surface area contributed by atoms with E-state index in [1.165, 1.54) is 0 Å². The molecule has 0 spiro atoms. The maximum atomic E-state index is 5.12. The van der Waals surface area contributed by atoms with E-state index in [0.29, 0.717) is 0 Å². The molecule has 0 aliphatic heterocycles. The van der Waals surface area contributed by atoms with Crippen LogP contribution >= 0.6 is 0 Å². The second-order valence-corrected chi connectivity index (χ2v) is 10.7. The van der Waals surface area contributed by atoms with Gasteiger partial charge in [0.1, 0.15) is 11.6 Å². The summed E-state index contributed by atoms with van der Waals surface area (Å²) >= 11 is 0. The topological polar surface area (TPSA) is 32.3 Å². The quantitative estimate of drug-likeness (QED) is 0.201. The molecule has 0 amide bonds. The molecule has 8 rings (SSSR count). The highest BCUT2D eigenvalue weighted by atomic mass is 15.2. The van der Waals surface area contributed by atoms with E-state index in [0.717, 1.165) is 67.0 Å². The third kappa shape index (κ3) is 4.59. The lowest BCUT2D eigenvalue weighted by Gasteiger charge is -2.29. The number of fused-ring (bicyclic) bond motifs is 3. The lowest BCUT2D eigenvalue weighted by atomic mass is 10.0. The van der Waals surface area contributed by atoms with Crippen molar-refractivity contribution in [3.05, 3.63) is 170 Å². The van der Waals surface area contributed by atoms with Gasteiger partial charge in [-0.25, -0.2) is 9.97 Å². The maximum Gasteiger partial charge on any atom is 0.138 e. The van der Waals surface area contributed by atoms with Crippen molar-refractivity contribution in [2.45, 2.75) is 0 Å². The molecule has 6 aromatic carbocycles. The fraction of sp³-hybridized carbons (Fsp3) is 0. The number of aromatic nitrogens is 2. The number of para-hydroxylation sites is 4. The molecule has 0 saturated carbocycles. The van der Waals surface area contributed by atoms with E-state index in [9.17, 15) is 0 Å². The van der Waals surface area contributed by atoms with Crippen molar-refractivity contribution in [1.82, 2.24) is 9.97 Å². The lowest BCUT2D eigenvalue weighted by molar-refractivity contribution is 1.20. The summed E-state index contributed by atoms with van der Waals surface area (Å²) < 4.78 is 0. The standard InChI is InChI=1S/C40H28N4/c1-3-15-31(16-4-1)43(39-27-23-29-13-7-11-21-35(29)41-39)37-25-26-38(34-20-10-9-19-33(34)37)44(32-17-5-2-6-18-32)40-28-24-30-14-8-12-22-36(30)42-40/h1-28H. The van der Waals surface area contributed by atoms with E-state index < -0.39 is 0 Å².